The molecule has 8 heteroatoms. The van der Waals surface area contributed by atoms with E-state index in [4.69, 9.17) is 16.3 Å². The molecule has 0 bridgehead atoms. The van der Waals surface area contributed by atoms with E-state index in [1.807, 2.05) is 15.6 Å². The van der Waals surface area contributed by atoms with Crippen LogP contribution < -0.4 is 0 Å². The highest BCUT2D eigenvalue weighted by molar-refractivity contribution is 6.30. The SMILES string of the molecule is Clc1cnn(CCN2CCC3C(C2)OCc2cnnn23)c1. The van der Waals surface area contributed by atoms with Gasteiger partial charge < -0.3 is 4.74 Å². The summed E-state index contributed by atoms with van der Waals surface area (Å²) >= 11 is 5.88. The van der Waals surface area contributed by atoms with Gasteiger partial charge in [-0.2, -0.15) is 5.10 Å². The van der Waals surface area contributed by atoms with E-state index in [1.54, 1.807) is 12.4 Å². The third-order valence-corrected chi connectivity index (χ3v) is 4.46. The predicted molar refractivity (Wildman–Crippen MR) is 75.9 cm³/mol. The van der Waals surface area contributed by atoms with Crippen LogP contribution in [0.25, 0.3) is 0 Å². The lowest BCUT2D eigenvalue weighted by Crippen LogP contribution is -2.49. The molecule has 1 fully saturated rings. The molecule has 4 rings (SSSR count). The van der Waals surface area contributed by atoms with Crippen LogP contribution in [0, 0.1) is 0 Å². The number of aromatic nitrogens is 5. The Morgan fingerprint density at radius 1 is 1.33 bits per heavy atom. The Bertz CT molecular complexity index is 626. The fourth-order valence-corrected chi connectivity index (χ4v) is 3.32. The number of nitrogens with zero attached hydrogens (tertiary/aromatic N) is 6. The number of hydrogen-bond acceptors (Lipinski definition) is 5. The summed E-state index contributed by atoms with van der Waals surface area (Å²) in [6.07, 6.45) is 6.57. The molecule has 112 valence electrons. The van der Waals surface area contributed by atoms with Crippen molar-refractivity contribution in [2.75, 3.05) is 19.6 Å². The average molecular weight is 309 g/mol. The number of halogens is 1. The summed E-state index contributed by atoms with van der Waals surface area (Å²) in [5.41, 5.74) is 1.08. The summed E-state index contributed by atoms with van der Waals surface area (Å²) in [6, 6.07) is 0.326. The van der Waals surface area contributed by atoms with Gasteiger partial charge in [0.2, 0.25) is 0 Å². The van der Waals surface area contributed by atoms with Crippen LogP contribution in [0.1, 0.15) is 18.2 Å². The van der Waals surface area contributed by atoms with E-state index in [0.29, 0.717) is 17.7 Å². The van der Waals surface area contributed by atoms with Gasteiger partial charge in [0.25, 0.3) is 0 Å². The molecule has 2 aliphatic heterocycles. The van der Waals surface area contributed by atoms with E-state index in [-0.39, 0.29) is 6.10 Å². The second-order valence-electron chi connectivity index (χ2n) is 5.60. The third kappa shape index (κ3) is 2.56. The van der Waals surface area contributed by atoms with E-state index >= 15 is 0 Å². The van der Waals surface area contributed by atoms with Crippen LogP contribution in [0.15, 0.2) is 18.6 Å². The second kappa shape index (κ2) is 5.40. The zero-order valence-corrected chi connectivity index (χ0v) is 12.4. The number of ether oxygens (including phenoxy) is 1. The highest BCUT2D eigenvalue weighted by Crippen LogP contribution is 2.30. The van der Waals surface area contributed by atoms with Crippen molar-refractivity contribution in [1.29, 1.82) is 0 Å². The first-order chi connectivity index (χ1) is 10.3. The predicted octanol–water partition coefficient (Wildman–Crippen LogP) is 0.974. The Labute approximate surface area is 127 Å². The van der Waals surface area contributed by atoms with Crippen LogP contribution in [0.2, 0.25) is 5.02 Å². The van der Waals surface area contributed by atoms with E-state index in [2.05, 4.69) is 20.3 Å². The molecular weight excluding hydrogens is 292 g/mol. The average Bonchev–Trinajstić information content (AvgIpc) is 3.13. The maximum Gasteiger partial charge on any atom is 0.0932 e. The van der Waals surface area contributed by atoms with Crippen molar-refractivity contribution >= 4 is 11.6 Å². The van der Waals surface area contributed by atoms with Crippen LogP contribution in [-0.2, 0) is 17.9 Å². The highest BCUT2D eigenvalue weighted by Gasteiger charge is 2.36. The van der Waals surface area contributed by atoms with Gasteiger partial charge in [-0.15, -0.1) is 5.10 Å². The number of likely N-dealkylation sites (tertiary alicyclic amines) is 1. The largest absolute Gasteiger partial charge is 0.368 e. The molecule has 0 spiro atoms. The molecule has 0 amide bonds. The summed E-state index contributed by atoms with van der Waals surface area (Å²) in [5, 5.41) is 13.1. The molecule has 0 saturated carbocycles. The molecule has 4 heterocycles. The fraction of sp³-hybridized carbons (Fsp3) is 0.615. The molecule has 2 aromatic heterocycles. The zero-order chi connectivity index (χ0) is 14.2. The molecule has 2 atom stereocenters. The summed E-state index contributed by atoms with van der Waals surface area (Å²) in [4.78, 5) is 2.42. The van der Waals surface area contributed by atoms with E-state index in [1.165, 1.54) is 0 Å². The van der Waals surface area contributed by atoms with E-state index < -0.39 is 0 Å². The van der Waals surface area contributed by atoms with Crippen LogP contribution in [0.4, 0.5) is 0 Å². The number of rotatable bonds is 3. The topological polar surface area (TPSA) is 61.0 Å². The summed E-state index contributed by atoms with van der Waals surface area (Å²) in [5.74, 6) is 0. The fourth-order valence-electron chi connectivity index (χ4n) is 3.16. The van der Waals surface area contributed by atoms with Crippen molar-refractivity contribution in [2.45, 2.75) is 31.7 Å². The summed E-state index contributed by atoms with van der Waals surface area (Å²) in [7, 11) is 0. The lowest BCUT2D eigenvalue weighted by molar-refractivity contribution is -0.0693. The van der Waals surface area contributed by atoms with Gasteiger partial charge in [0.1, 0.15) is 0 Å². The Kier molecular flexibility index (Phi) is 3.40. The first kappa shape index (κ1) is 13.2. The van der Waals surface area contributed by atoms with Gasteiger partial charge in [-0.1, -0.05) is 16.8 Å². The van der Waals surface area contributed by atoms with E-state index in [9.17, 15) is 0 Å². The zero-order valence-electron chi connectivity index (χ0n) is 11.6. The summed E-state index contributed by atoms with van der Waals surface area (Å²) in [6.45, 7) is 4.38. The minimum absolute atomic E-state index is 0.203. The minimum Gasteiger partial charge on any atom is -0.368 e. The molecule has 2 aromatic rings. The van der Waals surface area contributed by atoms with Gasteiger partial charge in [-0.25, -0.2) is 4.68 Å². The molecular formula is C13H17ClN6O. The van der Waals surface area contributed by atoms with E-state index in [0.717, 1.165) is 38.3 Å². The van der Waals surface area contributed by atoms with Crippen molar-refractivity contribution < 1.29 is 4.74 Å². The number of piperidine rings is 1. The molecule has 21 heavy (non-hydrogen) atoms. The van der Waals surface area contributed by atoms with Crippen molar-refractivity contribution in [3.63, 3.8) is 0 Å². The third-order valence-electron chi connectivity index (χ3n) is 4.26. The Hall–Kier alpha value is -1.44. The molecule has 0 N–H and O–H groups in total. The quantitative estimate of drug-likeness (QED) is 0.846. The van der Waals surface area contributed by atoms with Crippen LogP contribution in [0.5, 0.6) is 0 Å². The molecule has 7 nitrogen and oxygen atoms in total. The first-order valence-corrected chi connectivity index (χ1v) is 7.58. The molecule has 2 aliphatic rings. The van der Waals surface area contributed by atoms with Gasteiger partial charge >= 0.3 is 0 Å². The van der Waals surface area contributed by atoms with Gasteiger partial charge in [0.15, 0.2) is 0 Å². The standard InChI is InChI=1S/C13H17ClN6O/c14-10-5-16-19(7-10)4-3-18-2-1-12-13(8-18)21-9-11-6-15-17-20(11)12/h5-7,12-13H,1-4,8-9H2. The molecule has 2 unspecified atom stereocenters. The molecule has 0 aromatic carbocycles. The van der Waals surface area contributed by atoms with Crippen LogP contribution in [0.3, 0.4) is 0 Å². The lowest BCUT2D eigenvalue weighted by Gasteiger charge is -2.40. The maximum absolute atomic E-state index is 5.97. The summed E-state index contributed by atoms with van der Waals surface area (Å²) < 4.78 is 9.89. The highest BCUT2D eigenvalue weighted by atomic mass is 35.5. The molecule has 0 radical (unpaired) electrons. The Morgan fingerprint density at radius 2 is 2.29 bits per heavy atom. The smallest absolute Gasteiger partial charge is 0.0932 e. The second-order valence-corrected chi connectivity index (χ2v) is 6.03. The maximum atomic E-state index is 5.97. The van der Waals surface area contributed by atoms with Crippen molar-refractivity contribution in [2.24, 2.45) is 0 Å². The van der Waals surface area contributed by atoms with Gasteiger partial charge in [-0.3, -0.25) is 9.58 Å². The van der Waals surface area contributed by atoms with Crippen LogP contribution >= 0.6 is 11.6 Å². The van der Waals surface area contributed by atoms with Gasteiger partial charge in [0, 0.05) is 25.8 Å². The van der Waals surface area contributed by atoms with Crippen molar-refractivity contribution in [3.8, 4) is 0 Å². The van der Waals surface area contributed by atoms with Crippen molar-refractivity contribution in [1.82, 2.24) is 29.7 Å². The monoisotopic (exact) mass is 308 g/mol. The van der Waals surface area contributed by atoms with Gasteiger partial charge in [0.05, 0.1) is 48.4 Å². The lowest BCUT2D eigenvalue weighted by atomic mass is 10.0. The molecule has 0 aliphatic carbocycles. The molecule has 1 saturated heterocycles. The number of fused-ring (bicyclic) bond motifs is 3. The Morgan fingerprint density at radius 3 is 3.14 bits per heavy atom. The van der Waals surface area contributed by atoms with Crippen molar-refractivity contribution in [3.05, 3.63) is 29.3 Å². The van der Waals surface area contributed by atoms with Gasteiger partial charge in [-0.05, 0) is 6.42 Å². The Balaban J connectivity index is 1.37. The first-order valence-electron chi connectivity index (χ1n) is 7.20. The number of hydrogen-bond donors (Lipinski definition) is 0. The van der Waals surface area contributed by atoms with Crippen LogP contribution in [-0.4, -0.2) is 55.4 Å². The normalized spacial score (nSPS) is 25.6. The minimum atomic E-state index is 0.203.